The molecule has 5 nitrogen and oxygen atoms in total. The Morgan fingerprint density at radius 1 is 1.07 bits per heavy atom. The maximum atomic E-state index is 12.7. The number of aromatic nitrogens is 2. The molecule has 1 atom stereocenters. The van der Waals surface area contributed by atoms with Crippen molar-refractivity contribution in [3.63, 3.8) is 0 Å². The highest BCUT2D eigenvalue weighted by molar-refractivity contribution is 5.93. The van der Waals surface area contributed by atoms with Crippen LogP contribution < -0.4 is 10.2 Å². The first-order chi connectivity index (χ1) is 13.9. The van der Waals surface area contributed by atoms with Crippen molar-refractivity contribution in [2.45, 2.75) is 40.7 Å². The summed E-state index contributed by atoms with van der Waals surface area (Å²) in [5, 5.41) is 7.84. The first kappa shape index (κ1) is 20.8. The Bertz CT molecular complexity index is 992. The summed E-state index contributed by atoms with van der Waals surface area (Å²) < 4.78 is 1.98. The van der Waals surface area contributed by atoms with E-state index in [1.54, 1.807) is 0 Å². The maximum Gasteiger partial charge on any atom is 0.279 e. The van der Waals surface area contributed by atoms with Crippen LogP contribution >= 0.6 is 0 Å². The molecule has 29 heavy (non-hydrogen) atoms. The summed E-state index contributed by atoms with van der Waals surface area (Å²) >= 11 is 0. The van der Waals surface area contributed by atoms with Crippen LogP contribution in [0.25, 0.3) is 5.69 Å². The molecule has 0 aliphatic heterocycles. The van der Waals surface area contributed by atoms with Gasteiger partial charge in [-0.25, -0.2) is 4.68 Å². The Morgan fingerprint density at radius 2 is 1.79 bits per heavy atom. The maximum absolute atomic E-state index is 12.7. The number of carbonyl (C=O) groups excluding carboxylic acids is 1. The molecule has 1 heterocycles. The molecule has 0 aliphatic rings. The number of rotatable bonds is 7. The lowest BCUT2D eigenvalue weighted by Crippen LogP contribution is -3.08. The zero-order valence-corrected chi connectivity index (χ0v) is 18.0. The molecular formula is C24H31N4O+. The molecule has 0 bridgehead atoms. The molecule has 1 amide bonds. The standard InChI is InChI=1S/C24H30N4O/c1-6-20-12-10-11-17(2)24(20)25-23(29)16-27(5)15-22-18(3)26-28(19(22)4)21-13-8-7-9-14-21/h7-14H,6,15-16H2,1-5H3,(H,25,29)/p+1. The van der Waals surface area contributed by atoms with Crippen LogP contribution in [0.15, 0.2) is 48.5 Å². The lowest BCUT2D eigenvalue weighted by molar-refractivity contribution is -0.885. The normalized spacial score (nSPS) is 12.0. The van der Waals surface area contributed by atoms with Crippen molar-refractivity contribution in [1.29, 1.82) is 0 Å². The Morgan fingerprint density at radius 3 is 2.48 bits per heavy atom. The van der Waals surface area contributed by atoms with Gasteiger partial charge in [0, 0.05) is 5.69 Å². The Labute approximate surface area is 173 Å². The predicted octanol–water partition coefficient (Wildman–Crippen LogP) is 3.01. The van der Waals surface area contributed by atoms with E-state index in [-0.39, 0.29) is 5.91 Å². The van der Waals surface area contributed by atoms with E-state index in [0.29, 0.717) is 6.54 Å². The molecule has 3 rings (SSSR count). The average molecular weight is 392 g/mol. The molecule has 1 unspecified atom stereocenters. The smallest absolute Gasteiger partial charge is 0.279 e. The number of nitrogens with one attached hydrogen (secondary N) is 2. The third kappa shape index (κ3) is 4.74. The second-order valence-corrected chi connectivity index (χ2v) is 7.72. The molecule has 2 N–H and O–H groups in total. The van der Waals surface area contributed by atoms with Crippen molar-refractivity contribution in [3.8, 4) is 5.69 Å². The van der Waals surface area contributed by atoms with Gasteiger partial charge in [-0.05, 0) is 50.5 Å². The fraction of sp³-hybridized carbons (Fsp3) is 0.333. The van der Waals surface area contributed by atoms with Crippen LogP contribution in [0, 0.1) is 20.8 Å². The van der Waals surface area contributed by atoms with Crippen LogP contribution in [-0.4, -0.2) is 29.3 Å². The Kier molecular flexibility index (Phi) is 6.49. The van der Waals surface area contributed by atoms with Crippen LogP contribution in [0.1, 0.15) is 35.0 Å². The van der Waals surface area contributed by atoms with E-state index in [4.69, 9.17) is 5.10 Å². The number of quaternary nitrogens is 1. The van der Waals surface area contributed by atoms with E-state index >= 15 is 0 Å². The second-order valence-electron chi connectivity index (χ2n) is 7.72. The SMILES string of the molecule is CCc1cccc(C)c1NC(=O)C[NH+](C)Cc1c(C)nn(-c2ccccc2)c1C. The minimum atomic E-state index is 0.0391. The van der Waals surface area contributed by atoms with Gasteiger partial charge in [-0.3, -0.25) is 4.79 Å². The molecule has 0 radical (unpaired) electrons. The van der Waals surface area contributed by atoms with Crippen LogP contribution in [0.5, 0.6) is 0 Å². The fourth-order valence-electron chi connectivity index (χ4n) is 3.78. The Balaban J connectivity index is 1.69. The van der Waals surface area contributed by atoms with Crippen molar-refractivity contribution < 1.29 is 9.69 Å². The van der Waals surface area contributed by atoms with Crippen LogP contribution in [-0.2, 0) is 17.8 Å². The van der Waals surface area contributed by atoms with E-state index in [0.717, 1.165) is 46.2 Å². The van der Waals surface area contributed by atoms with Crippen molar-refractivity contribution >= 4 is 11.6 Å². The van der Waals surface area contributed by atoms with Gasteiger partial charge in [-0.2, -0.15) is 5.10 Å². The van der Waals surface area contributed by atoms with Gasteiger partial charge in [0.25, 0.3) is 5.91 Å². The highest BCUT2D eigenvalue weighted by Crippen LogP contribution is 2.21. The minimum Gasteiger partial charge on any atom is -0.326 e. The van der Waals surface area contributed by atoms with Gasteiger partial charge in [-0.1, -0.05) is 43.3 Å². The summed E-state index contributed by atoms with van der Waals surface area (Å²) in [5.41, 5.74) is 7.62. The highest BCUT2D eigenvalue weighted by atomic mass is 16.2. The summed E-state index contributed by atoms with van der Waals surface area (Å²) in [5.74, 6) is 0.0391. The summed E-state index contributed by atoms with van der Waals surface area (Å²) in [6, 6.07) is 16.3. The van der Waals surface area contributed by atoms with Crippen LogP contribution in [0.4, 0.5) is 5.69 Å². The molecule has 152 valence electrons. The van der Waals surface area contributed by atoms with E-state index in [9.17, 15) is 4.79 Å². The lowest BCUT2D eigenvalue weighted by atomic mass is 10.1. The lowest BCUT2D eigenvalue weighted by Gasteiger charge is -2.16. The molecule has 5 heteroatoms. The fourth-order valence-corrected chi connectivity index (χ4v) is 3.78. The van der Waals surface area contributed by atoms with E-state index in [1.165, 1.54) is 11.1 Å². The summed E-state index contributed by atoms with van der Waals surface area (Å²) in [7, 11) is 2.05. The molecule has 0 fully saturated rings. The van der Waals surface area contributed by atoms with Crippen molar-refractivity contribution in [3.05, 3.63) is 76.6 Å². The molecule has 2 aromatic carbocycles. The number of carbonyl (C=O) groups is 1. The van der Waals surface area contributed by atoms with Gasteiger partial charge >= 0.3 is 0 Å². The number of hydrogen-bond donors (Lipinski definition) is 2. The second kappa shape index (κ2) is 9.05. The zero-order chi connectivity index (χ0) is 21.0. The Hall–Kier alpha value is -2.92. The van der Waals surface area contributed by atoms with Crippen molar-refractivity contribution in [1.82, 2.24) is 9.78 Å². The predicted molar refractivity (Wildman–Crippen MR) is 118 cm³/mol. The van der Waals surface area contributed by atoms with Crippen molar-refractivity contribution in [2.24, 2.45) is 0 Å². The van der Waals surface area contributed by atoms with Gasteiger partial charge in [0.05, 0.1) is 29.7 Å². The number of benzene rings is 2. The largest absolute Gasteiger partial charge is 0.326 e. The van der Waals surface area contributed by atoms with Crippen LogP contribution in [0.2, 0.25) is 0 Å². The van der Waals surface area contributed by atoms with Gasteiger partial charge in [0.1, 0.15) is 6.54 Å². The minimum absolute atomic E-state index is 0.0391. The van der Waals surface area contributed by atoms with E-state index in [1.807, 2.05) is 48.9 Å². The van der Waals surface area contributed by atoms with Gasteiger partial charge in [-0.15, -0.1) is 0 Å². The monoisotopic (exact) mass is 391 g/mol. The molecule has 0 aliphatic carbocycles. The molecule has 0 saturated heterocycles. The molecular weight excluding hydrogens is 360 g/mol. The summed E-state index contributed by atoms with van der Waals surface area (Å²) in [6.45, 7) is 9.44. The molecule has 3 aromatic rings. The number of aryl methyl sites for hydroxylation is 3. The summed E-state index contributed by atoms with van der Waals surface area (Å²) in [6.07, 6.45) is 0.900. The zero-order valence-electron chi connectivity index (χ0n) is 18.0. The number of para-hydroxylation sites is 2. The topological polar surface area (TPSA) is 51.4 Å². The van der Waals surface area contributed by atoms with Gasteiger partial charge in [0.2, 0.25) is 0 Å². The molecule has 0 spiro atoms. The van der Waals surface area contributed by atoms with Gasteiger partial charge in [0.15, 0.2) is 6.54 Å². The first-order valence-electron chi connectivity index (χ1n) is 10.2. The van der Waals surface area contributed by atoms with E-state index in [2.05, 4.69) is 44.4 Å². The van der Waals surface area contributed by atoms with Gasteiger partial charge < -0.3 is 10.2 Å². The number of amides is 1. The third-order valence-electron chi connectivity index (χ3n) is 5.39. The average Bonchev–Trinajstić information content (AvgIpc) is 2.98. The van der Waals surface area contributed by atoms with E-state index < -0.39 is 0 Å². The van der Waals surface area contributed by atoms with Crippen LogP contribution in [0.3, 0.4) is 0 Å². The summed E-state index contributed by atoms with van der Waals surface area (Å²) in [4.78, 5) is 13.8. The number of likely N-dealkylation sites (N-methyl/N-ethyl adjacent to an activating group) is 1. The van der Waals surface area contributed by atoms with Crippen molar-refractivity contribution in [2.75, 3.05) is 18.9 Å². The quantitative estimate of drug-likeness (QED) is 0.651. The number of hydrogen-bond acceptors (Lipinski definition) is 2. The number of anilines is 1. The number of nitrogens with zero attached hydrogens (tertiary/aromatic N) is 2. The third-order valence-corrected chi connectivity index (χ3v) is 5.39. The highest BCUT2D eigenvalue weighted by Gasteiger charge is 2.19. The molecule has 0 saturated carbocycles. The molecule has 1 aromatic heterocycles. The first-order valence-corrected chi connectivity index (χ1v) is 10.2.